The molecule has 1 fully saturated rings. The molecule has 128 valence electrons. The van der Waals surface area contributed by atoms with Crippen LogP contribution in [0.15, 0.2) is 12.4 Å². The standard InChI is InChI=1S/C15H25N5O3/c1-16-13(21)6-15(22-3)10-20(4-5-23-11-15)9-12-7-18-14(17-2)19-8-12/h7-8H,4-6,9-11H2,1-3H3,(H,16,21)(H,17,18,19)/t15-/m1/s1. The molecule has 1 aliphatic heterocycles. The van der Waals surface area contributed by atoms with E-state index in [-0.39, 0.29) is 12.3 Å². The second-order valence-electron chi connectivity index (χ2n) is 5.67. The summed E-state index contributed by atoms with van der Waals surface area (Å²) in [7, 11) is 5.04. The number of carbonyl (C=O) groups excluding carboxylic acids is 1. The maximum atomic E-state index is 11.8. The molecule has 1 aliphatic rings. The lowest BCUT2D eigenvalue weighted by atomic mass is 9.99. The molecule has 0 radical (unpaired) electrons. The molecule has 1 aromatic rings. The monoisotopic (exact) mass is 323 g/mol. The molecule has 0 bridgehead atoms. The molecule has 1 aromatic heterocycles. The number of hydrogen-bond donors (Lipinski definition) is 2. The van der Waals surface area contributed by atoms with Gasteiger partial charge >= 0.3 is 0 Å². The topological polar surface area (TPSA) is 88.6 Å². The molecular formula is C15H25N5O3. The van der Waals surface area contributed by atoms with Crippen LogP contribution in [0.5, 0.6) is 0 Å². The van der Waals surface area contributed by atoms with Crippen molar-refractivity contribution in [2.24, 2.45) is 0 Å². The summed E-state index contributed by atoms with van der Waals surface area (Å²) in [5.74, 6) is 0.540. The van der Waals surface area contributed by atoms with Gasteiger partial charge in [-0.05, 0) is 0 Å². The number of aromatic nitrogens is 2. The van der Waals surface area contributed by atoms with Crippen LogP contribution in [0, 0.1) is 0 Å². The zero-order valence-corrected chi connectivity index (χ0v) is 14.0. The van der Waals surface area contributed by atoms with Crippen LogP contribution in [0.25, 0.3) is 0 Å². The first-order valence-corrected chi connectivity index (χ1v) is 7.65. The second kappa shape index (κ2) is 8.19. The number of ether oxygens (including phenoxy) is 2. The Hall–Kier alpha value is -1.77. The molecule has 0 saturated carbocycles. The Labute approximate surface area is 136 Å². The van der Waals surface area contributed by atoms with Gasteiger partial charge in [-0.25, -0.2) is 9.97 Å². The summed E-state index contributed by atoms with van der Waals surface area (Å²) in [6, 6.07) is 0. The van der Waals surface area contributed by atoms with Gasteiger partial charge in [0.2, 0.25) is 11.9 Å². The van der Waals surface area contributed by atoms with E-state index < -0.39 is 5.60 Å². The van der Waals surface area contributed by atoms with Crippen LogP contribution in [0.4, 0.5) is 5.95 Å². The Balaban J connectivity index is 2.06. The van der Waals surface area contributed by atoms with E-state index in [0.29, 0.717) is 32.3 Å². The minimum absolute atomic E-state index is 0.0565. The normalized spacial score (nSPS) is 22.4. The Morgan fingerprint density at radius 3 is 2.78 bits per heavy atom. The fraction of sp³-hybridized carbons (Fsp3) is 0.667. The fourth-order valence-corrected chi connectivity index (χ4v) is 2.63. The van der Waals surface area contributed by atoms with Crippen molar-refractivity contribution >= 4 is 11.9 Å². The van der Waals surface area contributed by atoms with Gasteiger partial charge in [-0.2, -0.15) is 0 Å². The number of carbonyl (C=O) groups is 1. The molecule has 1 saturated heterocycles. The van der Waals surface area contributed by atoms with Crippen molar-refractivity contribution in [2.45, 2.75) is 18.6 Å². The van der Waals surface area contributed by atoms with Crippen LogP contribution in [-0.2, 0) is 20.8 Å². The van der Waals surface area contributed by atoms with Gasteiger partial charge in [-0.1, -0.05) is 0 Å². The van der Waals surface area contributed by atoms with E-state index in [2.05, 4.69) is 25.5 Å². The minimum atomic E-state index is -0.637. The molecule has 1 atom stereocenters. The highest BCUT2D eigenvalue weighted by Gasteiger charge is 2.37. The van der Waals surface area contributed by atoms with Gasteiger partial charge in [0.25, 0.3) is 0 Å². The molecule has 2 heterocycles. The molecule has 0 aliphatic carbocycles. The lowest BCUT2D eigenvalue weighted by molar-refractivity contribution is -0.132. The van der Waals surface area contributed by atoms with Crippen molar-refractivity contribution in [3.05, 3.63) is 18.0 Å². The van der Waals surface area contributed by atoms with E-state index >= 15 is 0 Å². The van der Waals surface area contributed by atoms with E-state index in [1.54, 1.807) is 33.6 Å². The number of amides is 1. The third kappa shape index (κ3) is 4.85. The molecule has 0 unspecified atom stereocenters. The first kappa shape index (κ1) is 17.6. The van der Waals surface area contributed by atoms with Crippen molar-refractivity contribution in [2.75, 3.05) is 52.8 Å². The Morgan fingerprint density at radius 1 is 1.43 bits per heavy atom. The summed E-state index contributed by atoms with van der Waals surface area (Å²) < 4.78 is 11.3. The Bertz CT molecular complexity index is 510. The van der Waals surface area contributed by atoms with Crippen molar-refractivity contribution in [3.63, 3.8) is 0 Å². The quantitative estimate of drug-likeness (QED) is 0.754. The summed E-state index contributed by atoms with van der Waals surface area (Å²) in [5, 5.41) is 5.55. The molecule has 0 spiro atoms. The van der Waals surface area contributed by atoms with Crippen LogP contribution in [-0.4, -0.2) is 73.9 Å². The summed E-state index contributed by atoms with van der Waals surface area (Å²) in [5.41, 5.74) is 0.374. The van der Waals surface area contributed by atoms with Crippen LogP contribution in [0.3, 0.4) is 0 Å². The molecule has 8 heteroatoms. The predicted molar refractivity (Wildman–Crippen MR) is 86.1 cm³/mol. The lowest BCUT2D eigenvalue weighted by Gasteiger charge is -2.33. The van der Waals surface area contributed by atoms with Gasteiger partial charge in [0, 0.05) is 58.8 Å². The van der Waals surface area contributed by atoms with E-state index in [1.165, 1.54) is 0 Å². The highest BCUT2D eigenvalue weighted by atomic mass is 16.5. The smallest absolute Gasteiger partial charge is 0.222 e. The molecule has 2 N–H and O–H groups in total. The molecule has 23 heavy (non-hydrogen) atoms. The number of methoxy groups -OCH3 is 1. The second-order valence-corrected chi connectivity index (χ2v) is 5.67. The number of nitrogens with zero attached hydrogens (tertiary/aromatic N) is 3. The minimum Gasteiger partial charge on any atom is -0.377 e. The molecule has 8 nitrogen and oxygen atoms in total. The Morgan fingerprint density at radius 2 is 2.17 bits per heavy atom. The average molecular weight is 323 g/mol. The highest BCUT2D eigenvalue weighted by molar-refractivity contribution is 5.76. The maximum Gasteiger partial charge on any atom is 0.222 e. The van der Waals surface area contributed by atoms with E-state index in [1.807, 2.05) is 0 Å². The highest BCUT2D eigenvalue weighted by Crippen LogP contribution is 2.22. The molecular weight excluding hydrogens is 298 g/mol. The van der Waals surface area contributed by atoms with Gasteiger partial charge in [-0.15, -0.1) is 0 Å². The first-order chi connectivity index (χ1) is 11.1. The largest absolute Gasteiger partial charge is 0.377 e. The lowest BCUT2D eigenvalue weighted by Crippen LogP contribution is -2.48. The van der Waals surface area contributed by atoms with Crippen LogP contribution >= 0.6 is 0 Å². The van der Waals surface area contributed by atoms with E-state index in [0.717, 1.165) is 12.1 Å². The molecule has 1 amide bonds. The predicted octanol–water partition coefficient (Wildman–Crippen LogP) is -0.128. The van der Waals surface area contributed by atoms with Crippen molar-refractivity contribution in [1.82, 2.24) is 20.2 Å². The van der Waals surface area contributed by atoms with E-state index in [9.17, 15) is 4.79 Å². The first-order valence-electron chi connectivity index (χ1n) is 7.65. The van der Waals surface area contributed by atoms with Crippen LogP contribution in [0.2, 0.25) is 0 Å². The van der Waals surface area contributed by atoms with Crippen molar-refractivity contribution in [3.8, 4) is 0 Å². The third-order valence-corrected chi connectivity index (χ3v) is 3.96. The van der Waals surface area contributed by atoms with Gasteiger partial charge in [-0.3, -0.25) is 9.69 Å². The van der Waals surface area contributed by atoms with Crippen molar-refractivity contribution < 1.29 is 14.3 Å². The number of rotatable bonds is 6. The summed E-state index contributed by atoms with van der Waals surface area (Å²) in [6.45, 7) is 3.08. The maximum absolute atomic E-state index is 11.8. The van der Waals surface area contributed by atoms with Gasteiger partial charge in [0.1, 0.15) is 5.60 Å². The zero-order valence-electron chi connectivity index (χ0n) is 14.0. The van der Waals surface area contributed by atoms with Gasteiger partial charge in [0.05, 0.1) is 19.6 Å². The SMILES string of the molecule is CNC(=O)C[C@]1(OC)COCCN(Cc2cnc(NC)nc2)C1. The van der Waals surface area contributed by atoms with Crippen molar-refractivity contribution in [1.29, 1.82) is 0 Å². The zero-order chi connectivity index (χ0) is 16.7. The summed E-state index contributed by atoms with van der Waals surface area (Å²) in [6.07, 6.45) is 3.88. The Kier molecular flexibility index (Phi) is 6.26. The van der Waals surface area contributed by atoms with Crippen LogP contribution < -0.4 is 10.6 Å². The van der Waals surface area contributed by atoms with E-state index in [4.69, 9.17) is 9.47 Å². The molecule has 2 rings (SSSR count). The number of nitrogens with one attached hydrogen (secondary N) is 2. The summed E-state index contributed by atoms with van der Waals surface area (Å²) in [4.78, 5) is 22.5. The third-order valence-electron chi connectivity index (χ3n) is 3.96. The van der Waals surface area contributed by atoms with Gasteiger partial charge < -0.3 is 20.1 Å². The molecule has 0 aromatic carbocycles. The number of hydrogen-bond acceptors (Lipinski definition) is 7. The number of anilines is 1. The van der Waals surface area contributed by atoms with Gasteiger partial charge in [0.15, 0.2) is 0 Å². The fourth-order valence-electron chi connectivity index (χ4n) is 2.63. The summed E-state index contributed by atoms with van der Waals surface area (Å²) >= 11 is 0. The van der Waals surface area contributed by atoms with Crippen LogP contribution in [0.1, 0.15) is 12.0 Å². The average Bonchev–Trinajstić information content (AvgIpc) is 2.78.